The molecular formula is C14H16N2O5. The van der Waals surface area contributed by atoms with Gasteiger partial charge in [-0.2, -0.15) is 0 Å². The third-order valence-corrected chi connectivity index (χ3v) is 3.05. The van der Waals surface area contributed by atoms with Crippen LogP contribution >= 0.6 is 0 Å². The van der Waals surface area contributed by atoms with Gasteiger partial charge < -0.3 is 25.3 Å². The molecule has 2 aromatic rings. The maximum Gasteiger partial charge on any atom is 0.344 e. The molecule has 0 bridgehead atoms. The minimum absolute atomic E-state index is 0.130. The average Bonchev–Trinajstić information content (AvgIpc) is 2.86. The molecule has 21 heavy (non-hydrogen) atoms. The Bertz CT molecular complexity index is 664. The van der Waals surface area contributed by atoms with E-state index >= 15 is 0 Å². The van der Waals surface area contributed by atoms with Crippen LogP contribution in [0.25, 0.3) is 10.9 Å². The molecule has 0 aliphatic rings. The molecule has 1 heterocycles. The summed E-state index contributed by atoms with van der Waals surface area (Å²) < 4.78 is 9.11. The number of aromatic amines is 1. The zero-order chi connectivity index (χ0) is 15.4. The smallest absolute Gasteiger partial charge is 0.344 e. The lowest BCUT2D eigenvalue weighted by Gasteiger charge is -2.10. The van der Waals surface area contributed by atoms with E-state index in [0.717, 1.165) is 16.5 Å². The van der Waals surface area contributed by atoms with Crippen LogP contribution in [0.3, 0.4) is 0 Å². The maximum atomic E-state index is 11.7. The van der Waals surface area contributed by atoms with Gasteiger partial charge in [0.25, 0.3) is 0 Å². The predicted octanol–water partition coefficient (Wildman–Crippen LogP) is 0.460. The number of benzene rings is 1. The number of H-pyrrole nitrogens is 1. The zero-order valence-corrected chi connectivity index (χ0v) is 11.5. The van der Waals surface area contributed by atoms with E-state index in [-0.39, 0.29) is 12.2 Å². The number of hydrogen-bond acceptors (Lipinski definition) is 6. The van der Waals surface area contributed by atoms with E-state index in [0.29, 0.717) is 0 Å². The number of rotatable bonds is 5. The number of fused-ring (bicyclic) bond motifs is 1. The highest BCUT2D eigenvalue weighted by Gasteiger charge is 2.19. The Kier molecular flexibility index (Phi) is 4.44. The lowest BCUT2D eigenvalue weighted by Crippen LogP contribution is -2.35. The van der Waals surface area contributed by atoms with Gasteiger partial charge in [0, 0.05) is 23.5 Å². The second-order valence-corrected chi connectivity index (χ2v) is 4.54. The molecule has 0 radical (unpaired) electrons. The summed E-state index contributed by atoms with van der Waals surface area (Å²) in [6.07, 6.45) is 1.95. The van der Waals surface area contributed by atoms with Gasteiger partial charge in [-0.1, -0.05) is 0 Å². The number of carbonyl (C=O) groups excluding carboxylic acids is 2. The molecule has 0 fully saturated rings. The van der Waals surface area contributed by atoms with Crippen molar-refractivity contribution >= 4 is 22.8 Å². The fourth-order valence-corrected chi connectivity index (χ4v) is 1.95. The van der Waals surface area contributed by atoms with Crippen molar-refractivity contribution in [3.8, 4) is 5.75 Å². The molecule has 0 spiro atoms. The number of hydrogen-bond donors (Lipinski definition) is 3. The Labute approximate surface area is 120 Å². The first-order valence-corrected chi connectivity index (χ1v) is 6.29. The highest BCUT2D eigenvalue weighted by molar-refractivity contribution is 5.86. The van der Waals surface area contributed by atoms with Crippen LogP contribution in [0.4, 0.5) is 0 Å². The summed E-state index contributed by atoms with van der Waals surface area (Å²) in [5.41, 5.74) is 7.37. The van der Waals surface area contributed by atoms with Crippen LogP contribution in [0.15, 0.2) is 24.4 Å². The maximum absolute atomic E-state index is 11.7. The van der Waals surface area contributed by atoms with Gasteiger partial charge in [-0.25, -0.2) is 4.79 Å². The second-order valence-electron chi connectivity index (χ2n) is 4.54. The van der Waals surface area contributed by atoms with Crippen molar-refractivity contribution < 1.29 is 24.2 Å². The van der Waals surface area contributed by atoms with Crippen molar-refractivity contribution in [3.63, 3.8) is 0 Å². The van der Waals surface area contributed by atoms with Crippen molar-refractivity contribution in [2.75, 3.05) is 13.7 Å². The van der Waals surface area contributed by atoms with Gasteiger partial charge in [-0.05, 0) is 23.8 Å². The van der Waals surface area contributed by atoms with Crippen LogP contribution in [0.2, 0.25) is 0 Å². The van der Waals surface area contributed by atoms with Crippen LogP contribution < -0.4 is 5.73 Å². The van der Waals surface area contributed by atoms with Gasteiger partial charge in [0.1, 0.15) is 11.8 Å². The molecule has 0 aliphatic heterocycles. The molecule has 2 rings (SSSR count). The Hall–Kier alpha value is -2.54. The number of methoxy groups -OCH3 is 1. The van der Waals surface area contributed by atoms with E-state index in [4.69, 9.17) is 10.5 Å². The molecule has 0 unspecified atom stereocenters. The minimum atomic E-state index is -0.906. The fraction of sp³-hybridized carbons (Fsp3) is 0.286. The van der Waals surface area contributed by atoms with E-state index in [1.165, 1.54) is 7.11 Å². The Morgan fingerprint density at radius 3 is 2.90 bits per heavy atom. The van der Waals surface area contributed by atoms with Crippen LogP contribution in [0.1, 0.15) is 5.56 Å². The van der Waals surface area contributed by atoms with Crippen LogP contribution in [-0.2, 0) is 25.5 Å². The summed E-state index contributed by atoms with van der Waals surface area (Å²) in [7, 11) is 1.20. The van der Waals surface area contributed by atoms with Gasteiger partial charge in [0.05, 0.1) is 7.11 Å². The summed E-state index contributed by atoms with van der Waals surface area (Å²) in [5.74, 6) is -1.20. The molecule has 7 heteroatoms. The van der Waals surface area contributed by atoms with Gasteiger partial charge in [0.2, 0.25) is 0 Å². The van der Waals surface area contributed by atoms with Crippen molar-refractivity contribution in [2.24, 2.45) is 5.73 Å². The lowest BCUT2D eigenvalue weighted by atomic mass is 10.1. The number of esters is 2. The van der Waals surface area contributed by atoms with Crippen LogP contribution in [-0.4, -0.2) is 41.8 Å². The van der Waals surface area contributed by atoms with Crippen molar-refractivity contribution in [1.82, 2.24) is 4.98 Å². The van der Waals surface area contributed by atoms with Gasteiger partial charge >= 0.3 is 11.9 Å². The fourth-order valence-electron chi connectivity index (χ4n) is 1.95. The SMILES string of the molecule is COC(=O)COC(=O)[C@@H](N)Cc1c[nH]c2ccc(O)cc12. The Morgan fingerprint density at radius 1 is 1.43 bits per heavy atom. The van der Waals surface area contributed by atoms with E-state index < -0.39 is 24.6 Å². The molecule has 0 saturated carbocycles. The number of nitrogens with two attached hydrogens (primary N) is 1. The number of ether oxygens (including phenoxy) is 2. The van der Waals surface area contributed by atoms with E-state index in [1.54, 1.807) is 24.4 Å². The standard InChI is InChI=1S/C14H16N2O5/c1-20-13(18)7-21-14(19)11(15)4-8-6-16-12-3-2-9(17)5-10(8)12/h2-3,5-6,11,16-17H,4,7,15H2,1H3/t11-/m0/s1. The van der Waals surface area contributed by atoms with Gasteiger partial charge in [-0.15, -0.1) is 0 Å². The third-order valence-electron chi connectivity index (χ3n) is 3.05. The van der Waals surface area contributed by atoms with E-state index in [1.807, 2.05) is 0 Å². The minimum Gasteiger partial charge on any atom is -0.508 e. The first kappa shape index (κ1) is 14.9. The normalized spacial score (nSPS) is 12.1. The monoisotopic (exact) mass is 292 g/mol. The number of carbonyl (C=O) groups is 2. The number of nitrogens with one attached hydrogen (secondary N) is 1. The molecule has 1 aromatic heterocycles. The molecule has 0 amide bonds. The van der Waals surface area contributed by atoms with Crippen molar-refractivity contribution in [2.45, 2.75) is 12.5 Å². The zero-order valence-electron chi connectivity index (χ0n) is 11.5. The molecule has 0 aliphatic carbocycles. The summed E-state index contributed by atoms with van der Waals surface area (Å²) in [6.45, 7) is -0.461. The molecule has 112 valence electrons. The molecule has 7 nitrogen and oxygen atoms in total. The first-order chi connectivity index (χ1) is 10.0. The van der Waals surface area contributed by atoms with Gasteiger partial charge in [0.15, 0.2) is 6.61 Å². The highest BCUT2D eigenvalue weighted by Crippen LogP contribution is 2.23. The molecule has 1 aromatic carbocycles. The largest absolute Gasteiger partial charge is 0.508 e. The summed E-state index contributed by atoms with van der Waals surface area (Å²) in [6, 6.07) is 3.98. The number of aromatic hydroxyl groups is 1. The van der Waals surface area contributed by atoms with Crippen molar-refractivity contribution in [3.05, 3.63) is 30.0 Å². The van der Waals surface area contributed by atoms with E-state index in [9.17, 15) is 14.7 Å². The molecule has 4 N–H and O–H groups in total. The second kappa shape index (κ2) is 6.27. The third kappa shape index (κ3) is 3.51. The van der Waals surface area contributed by atoms with Crippen LogP contribution in [0, 0.1) is 0 Å². The first-order valence-electron chi connectivity index (χ1n) is 6.29. The quantitative estimate of drug-likeness (QED) is 0.690. The summed E-state index contributed by atoms with van der Waals surface area (Å²) in [5, 5.41) is 10.3. The number of phenols is 1. The molecule has 1 atom stereocenters. The van der Waals surface area contributed by atoms with Crippen molar-refractivity contribution in [1.29, 1.82) is 0 Å². The summed E-state index contributed by atoms with van der Waals surface area (Å²) in [4.78, 5) is 25.6. The van der Waals surface area contributed by atoms with Gasteiger partial charge in [-0.3, -0.25) is 4.79 Å². The molecular weight excluding hydrogens is 276 g/mol. The number of phenolic OH excluding ortho intramolecular Hbond substituents is 1. The van der Waals surface area contributed by atoms with E-state index in [2.05, 4.69) is 9.72 Å². The topological polar surface area (TPSA) is 115 Å². The highest BCUT2D eigenvalue weighted by atomic mass is 16.6. The van der Waals surface area contributed by atoms with Crippen LogP contribution in [0.5, 0.6) is 5.75 Å². The average molecular weight is 292 g/mol. The Balaban J connectivity index is 2.04. The lowest BCUT2D eigenvalue weighted by molar-refractivity contribution is -0.157. The number of aromatic nitrogens is 1. The Morgan fingerprint density at radius 2 is 2.19 bits per heavy atom. The molecule has 0 saturated heterocycles. The predicted molar refractivity (Wildman–Crippen MR) is 74.6 cm³/mol. The summed E-state index contributed by atoms with van der Waals surface area (Å²) >= 11 is 0.